The monoisotopic (exact) mass is 774 g/mol. The Balaban J connectivity index is 1.14. The second kappa shape index (κ2) is 13.6. The van der Waals surface area contributed by atoms with E-state index in [2.05, 4.69) is 87.1 Å². The molecule has 2 unspecified atom stereocenters. The number of nitrogens with one attached hydrogen (secondary N) is 4. The van der Waals surface area contributed by atoms with Crippen LogP contribution in [-0.4, -0.2) is 49.2 Å². The van der Waals surface area contributed by atoms with Crippen LogP contribution in [0.5, 0.6) is 0 Å². The van der Waals surface area contributed by atoms with Gasteiger partial charge in [-0.15, -0.1) is 0 Å². The van der Waals surface area contributed by atoms with Gasteiger partial charge in [-0.3, -0.25) is 0 Å². The van der Waals surface area contributed by atoms with Crippen LogP contribution in [0.4, 0.5) is 11.4 Å². The molecular weight excluding hydrogens is 726 g/mol. The van der Waals surface area contributed by atoms with Crippen molar-refractivity contribution in [2.45, 2.75) is 89.4 Å². The van der Waals surface area contributed by atoms with Crippen LogP contribution in [0.1, 0.15) is 99.1 Å². The number of hydrogen-bond acceptors (Lipinski definition) is 4. The van der Waals surface area contributed by atoms with Crippen molar-refractivity contribution >= 4 is 58.4 Å². The summed E-state index contributed by atoms with van der Waals surface area (Å²) in [5.41, 5.74) is 5.25. The SMILES string of the molecule is CC1(C)CCC(C)(c2cccc(NC(=O)c3ccccc3[Se][Se]c3ccccc3C(=O)Nc3cccc(C4(C)CCC(C)(C)N4)c3)c2)N1. The summed E-state index contributed by atoms with van der Waals surface area (Å²) >= 11 is -0.0249. The van der Waals surface area contributed by atoms with Gasteiger partial charge in [0.1, 0.15) is 0 Å². The third-order valence-electron chi connectivity index (χ3n) is 9.73. The zero-order valence-electron chi connectivity index (χ0n) is 28.7. The van der Waals surface area contributed by atoms with Crippen molar-refractivity contribution in [1.82, 2.24) is 10.6 Å². The van der Waals surface area contributed by atoms with Crippen molar-refractivity contribution in [1.29, 1.82) is 0 Å². The molecule has 6 rings (SSSR count). The first kappa shape index (κ1) is 34.6. The van der Waals surface area contributed by atoms with E-state index in [1.54, 1.807) is 0 Å². The Morgan fingerprint density at radius 2 is 0.938 bits per heavy atom. The zero-order chi connectivity index (χ0) is 34.2. The van der Waals surface area contributed by atoms with Gasteiger partial charge >= 0.3 is 298 Å². The van der Waals surface area contributed by atoms with E-state index in [1.807, 2.05) is 72.8 Å². The van der Waals surface area contributed by atoms with E-state index in [9.17, 15) is 9.59 Å². The average Bonchev–Trinajstić information content (AvgIpc) is 3.53. The standard InChI is InChI=1S/C40H46N4O2Se2/c1-37(2)21-23-39(5,43-37)27-13-11-15-29(25-27)41-35(45)31-17-7-9-19-33(31)47-48-34-20-10-8-18-32(34)36(46)42-30-16-12-14-28(26-30)40(6)24-22-38(3,4)44-40/h7-20,25-26,43-44H,21-24H2,1-6H3,(H,41,45)(H,42,46). The zero-order valence-corrected chi connectivity index (χ0v) is 32.1. The molecule has 2 aliphatic heterocycles. The Morgan fingerprint density at radius 1 is 0.542 bits per heavy atom. The minimum atomic E-state index is -0.126. The summed E-state index contributed by atoms with van der Waals surface area (Å²) in [5, 5.41) is 13.9. The molecule has 2 heterocycles. The molecule has 6 nitrogen and oxygen atoms in total. The van der Waals surface area contributed by atoms with Gasteiger partial charge in [-0.05, 0) is 0 Å². The summed E-state index contributed by atoms with van der Waals surface area (Å²) in [5.74, 6) is -0.213. The van der Waals surface area contributed by atoms with Gasteiger partial charge in [0, 0.05) is 0 Å². The molecule has 0 radical (unpaired) electrons. The Labute approximate surface area is 296 Å². The molecule has 2 atom stereocenters. The molecular formula is C40H46N4O2Se2. The Bertz CT molecular complexity index is 1710. The van der Waals surface area contributed by atoms with Gasteiger partial charge < -0.3 is 0 Å². The van der Waals surface area contributed by atoms with Crippen LogP contribution < -0.4 is 30.2 Å². The van der Waals surface area contributed by atoms with Crippen molar-refractivity contribution in [3.8, 4) is 0 Å². The summed E-state index contributed by atoms with van der Waals surface area (Å²) in [7, 11) is 0. The Kier molecular flexibility index (Phi) is 9.81. The minimum absolute atomic E-state index is 0.0125. The van der Waals surface area contributed by atoms with Gasteiger partial charge in [0.2, 0.25) is 0 Å². The molecule has 4 aromatic carbocycles. The topological polar surface area (TPSA) is 82.3 Å². The van der Waals surface area contributed by atoms with Gasteiger partial charge in [-0.25, -0.2) is 0 Å². The molecule has 2 amide bonds. The summed E-state index contributed by atoms with van der Waals surface area (Å²) in [6.45, 7) is 13.4. The molecule has 2 saturated heterocycles. The van der Waals surface area contributed by atoms with E-state index in [1.165, 1.54) is 11.1 Å². The summed E-state index contributed by atoms with van der Waals surface area (Å²) < 4.78 is 2.07. The van der Waals surface area contributed by atoms with Crippen LogP contribution in [0.15, 0.2) is 97.1 Å². The maximum atomic E-state index is 13.6. The molecule has 48 heavy (non-hydrogen) atoms. The van der Waals surface area contributed by atoms with Crippen molar-refractivity contribution in [2.75, 3.05) is 10.6 Å². The summed E-state index contributed by atoms with van der Waals surface area (Å²) in [4.78, 5) is 27.3. The van der Waals surface area contributed by atoms with Crippen molar-refractivity contribution in [3.05, 3.63) is 119 Å². The Hall–Kier alpha value is -3.22. The molecule has 0 spiro atoms. The fourth-order valence-electron chi connectivity index (χ4n) is 7.12. The molecule has 4 aromatic rings. The van der Waals surface area contributed by atoms with E-state index in [4.69, 9.17) is 0 Å². The van der Waals surface area contributed by atoms with Crippen molar-refractivity contribution < 1.29 is 9.59 Å². The van der Waals surface area contributed by atoms with Crippen LogP contribution in [0.2, 0.25) is 0 Å². The van der Waals surface area contributed by atoms with Crippen molar-refractivity contribution in [2.24, 2.45) is 0 Å². The molecule has 0 saturated carbocycles. The number of carbonyl (C=O) groups is 2. The summed E-state index contributed by atoms with van der Waals surface area (Å²) in [6.07, 6.45) is 4.30. The molecule has 8 heteroatoms. The normalized spacial score (nSPS) is 22.7. The molecule has 2 fully saturated rings. The average molecular weight is 773 g/mol. The maximum absolute atomic E-state index is 13.6. The van der Waals surface area contributed by atoms with E-state index >= 15 is 0 Å². The quantitative estimate of drug-likeness (QED) is 0.153. The van der Waals surface area contributed by atoms with Crippen LogP contribution in [0, 0.1) is 0 Å². The molecule has 2 aliphatic rings. The van der Waals surface area contributed by atoms with Gasteiger partial charge in [-0.2, -0.15) is 0 Å². The van der Waals surface area contributed by atoms with Crippen LogP contribution in [0.25, 0.3) is 0 Å². The molecule has 0 aliphatic carbocycles. The number of rotatable bonds is 9. The second-order valence-corrected chi connectivity index (χ2v) is 21.1. The number of hydrogen-bond donors (Lipinski definition) is 4. The van der Waals surface area contributed by atoms with E-state index < -0.39 is 0 Å². The third-order valence-corrected chi connectivity index (χ3v) is 17.0. The van der Waals surface area contributed by atoms with Gasteiger partial charge in [0.25, 0.3) is 0 Å². The molecule has 0 bridgehead atoms. The first-order chi connectivity index (χ1) is 22.7. The van der Waals surface area contributed by atoms with Gasteiger partial charge in [0.05, 0.1) is 0 Å². The van der Waals surface area contributed by atoms with E-state index in [0.717, 1.165) is 46.0 Å². The fourth-order valence-corrected chi connectivity index (χ4v) is 14.2. The van der Waals surface area contributed by atoms with Gasteiger partial charge in [-0.1, -0.05) is 0 Å². The number of carbonyl (C=O) groups excluding carboxylic acids is 2. The molecule has 250 valence electrons. The van der Waals surface area contributed by atoms with Crippen LogP contribution >= 0.6 is 0 Å². The first-order valence-electron chi connectivity index (χ1n) is 16.7. The van der Waals surface area contributed by atoms with Crippen LogP contribution in [0.3, 0.4) is 0 Å². The first-order valence-corrected chi connectivity index (χ1v) is 22.7. The summed E-state index contributed by atoms with van der Waals surface area (Å²) in [6, 6.07) is 32.2. The third kappa shape index (κ3) is 7.81. The second-order valence-electron chi connectivity index (χ2n) is 14.9. The van der Waals surface area contributed by atoms with E-state index in [0.29, 0.717) is 11.1 Å². The predicted molar refractivity (Wildman–Crippen MR) is 200 cm³/mol. The number of amides is 2. The number of anilines is 2. The molecule has 0 aromatic heterocycles. The Morgan fingerprint density at radius 3 is 1.31 bits per heavy atom. The predicted octanol–water partition coefficient (Wildman–Crippen LogP) is 6.22. The van der Waals surface area contributed by atoms with E-state index in [-0.39, 0.29) is 60.2 Å². The van der Waals surface area contributed by atoms with Gasteiger partial charge in [0.15, 0.2) is 0 Å². The number of benzene rings is 4. The fraction of sp³-hybridized carbons (Fsp3) is 0.350. The van der Waals surface area contributed by atoms with Crippen molar-refractivity contribution in [3.63, 3.8) is 0 Å². The molecule has 4 N–H and O–H groups in total. The van der Waals surface area contributed by atoms with Crippen LogP contribution in [-0.2, 0) is 11.1 Å².